The fourth-order valence-corrected chi connectivity index (χ4v) is 2.90. The Balaban J connectivity index is 1.56. The highest BCUT2D eigenvalue weighted by Gasteiger charge is 2.43. The van der Waals surface area contributed by atoms with Crippen LogP contribution in [0.2, 0.25) is 0 Å². The van der Waals surface area contributed by atoms with Crippen LogP contribution in [0.5, 0.6) is 0 Å². The third kappa shape index (κ3) is 2.42. The molecule has 5 nitrogen and oxygen atoms in total. The van der Waals surface area contributed by atoms with Crippen LogP contribution in [0.4, 0.5) is 0 Å². The van der Waals surface area contributed by atoms with Gasteiger partial charge in [0.05, 0.1) is 18.1 Å². The first-order chi connectivity index (χ1) is 8.72. The molecule has 3 heterocycles. The van der Waals surface area contributed by atoms with Crippen LogP contribution in [0.15, 0.2) is 4.52 Å². The third-order valence-electron chi connectivity index (χ3n) is 3.81. The summed E-state index contributed by atoms with van der Waals surface area (Å²) in [5, 5.41) is 7.47. The molecule has 3 unspecified atom stereocenters. The fraction of sp³-hybridized carbons (Fsp3) is 0.846. The quantitative estimate of drug-likeness (QED) is 0.862. The molecule has 5 heteroatoms. The van der Waals surface area contributed by atoms with Gasteiger partial charge in [-0.15, -0.1) is 0 Å². The molecule has 0 saturated carbocycles. The highest BCUT2D eigenvalue weighted by molar-refractivity contribution is 5.06. The SMILES string of the molecule is CC(C)NCCc1nc(C2CC3CCC2O3)no1. The lowest BCUT2D eigenvalue weighted by Crippen LogP contribution is -2.25. The van der Waals surface area contributed by atoms with Crippen LogP contribution in [0, 0.1) is 0 Å². The molecule has 2 fully saturated rings. The van der Waals surface area contributed by atoms with Crippen LogP contribution in [0.25, 0.3) is 0 Å². The maximum Gasteiger partial charge on any atom is 0.227 e. The molecule has 18 heavy (non-hydrogen) atoms. The maximum atomic E-state index is 5.83. The Morgan fingerprint density at radius 1 is 1.39 bits per heavy atom. The van der Waals surface area contributed by atoms with Gasteiger partial charge in [-0.25, -0.2) is 0 Å². The summed E-state index contributed by atoms with van der Waals surface area (Å²) in [6, 6.07) is 0.492. The summed E-state index contributed by atoms with van der Waals surface area (Å²) in [5.74, 6) is 1.95. The minimum absolute atomic E-state index is 0.328. The van der Waals surface area contributed by atoms with Crippen LogP contribution in [0.3, 0.4) is 0 Å². The van der Waals surface area contributed by atoms with E-state index in [0.29, 0.717) is 24.2 Å². The summed E-state index contributed by atoms with van der Waals surface area (Å²) in [5.41, 5.74) is 0. The van der Waals surface area contributed by atoms with Crippen LogP contribution < -0.4 is 5.32 Å². The van der Waals surface area contributed by atoms with E-state index in [9.17, 15) is 0 Å². The van der Waals surface area contributed by atoms with Gasteiger partial charge in [-0.2, -0.15) is 4.98 Å². The fourth-order valence-electron chi connectivity index (χ4n) is 2.90. The Kier molecular flexibility index (Phi) is 3.35. The van der Waals surface area contributed by atoms with Gasteiger partial charge in [-0.1, -0.05) is 19.0 Å². The molecule has 2 aliphatic rings. The first kappa shape index (κ1) is 12.1. The van der Waals surface area contributed by atoms with Crippen LogP contribution in [-0.2, 0) is 11.2 Å². The number of nitrogens with zero attached hydrogens (tertiary/aromatic N) is 2. The summed E-state index contributed by atoms with van der Waals surface area (Å²) in [4.78, 5) is 4.51. The second-order valence-corrected chi connectivity index (χ2v) is 5.62. The van der Waals surface area contributed by atoms with Crippen molar-refractivity contribution in [3.8, 4) is 0 Å². The number of fused-ring (bicyclic) bond motifs is 2. The van der Waals surface area contributed by atoms with E-state index < -0.39 is 0 Å². The molecular formula is C13H21N3O2. The molecule has 0 spiro atoms. The Hall–Kier alpha value is -0.940. The Labute approximate surface area is 107 Å². The molecular weight excluding hydrogens is 230 g/mol. The summed E-state index contributed by atoms with van der Waals surface area (Å²) in [6.07, 6.45) is 4.97. The van der Waals surface area contributed by atoms with Crippen molar-refractivity contribution in [1.29, 1.82) is 0 Å². The number of ether oxygens (including phenoxy) is 1. The number of hydrogen-bond donors (Lipinski definition) is 1. The smallest absolute Gasteiger partial charge is 0.227 e. The van der Waals surface area contributed by atoms with Crippen molar-refractivity contribution in [2.45, 2.75) is 63.7 Å². The van der Waals surface area contributed by atoms with Gasteiger partial charge in [-0.3, -0.25) is 0 Å². The zero-order valence-corrected chi connectivity index (χ0v) is 11.1. The molecule has 2 aliphatic heterocycles. The molecule has 3 atom stereocenters. The molecule has 1 aromatic rings. The van der Waals surface area contributed by atoms with Crippen molar-refractivity contribution in [3.63, 3.8) is 0 Å². The van der Waals surface area contributed by atoms with Crippen LogP contribution >= 0.6 is 0 Å². The molecule has 0 aromatic carbocycles. The normalized spacial score (nSPS) is 30.5. The summed E-state index contributed by atoms with van der Waals surface area (Å²) in [7, 11) is 0. The van der Waals surface area contributed by atoms with E-state index in [1.165, 1.54) is 6.42 Å². The molecule has 3 rings (SSSR count). The molecule has 1 N–H and O–H groups in total. The predicted octanol–water partition coefficient (Wildman–Crippen LogP) is 1.64. The molecule has 1 aromatic heterocycles. The van der Waals surface area contributed by atoms with Gasteiger partial charge in [0.2, 0.25) is 5.89 Å². The number of rotatable bonds is 5. The van der Waals surface area contributed by atoms with Gasteiger partial charge < -0.3 is 14.6 Å². The Morgan fingerprint density at radius 3 is 2.94 bits per heavy atom. The minimum atomic E-state index is 0.328. The first-order valence-corrected chi connectivity index (χ1v) is 6.93. The monoisotopic (exact) mass is 251 g/mol. The van der Waals surface area contributed by atoms with Gasteiger partial charge in [0, 0.05) is 19.0 Å². The van der Waals surface area contributed by atoms with Crippen molar-refractivity contribution in [2.75, 3.05) is 6.54 Å². The van der Waals surface area contributed by atoms with Crippen molar-refractivity contribution in [1.82, 2.24) is 15.5 Å². The van der Waals surface area contributed by atoms with Crippen molar-refractivity contribution in [2.24, 2.45) is 0 Å². The summed E-state index contributed by atoms with van der Waals surface area (Å²) >= 11 is 0. The van der Waals surface area contributed by atoms with Gasteiger partial charge >= 0.3 is 0 Å². The van der Waals surface area contributed by atoms with Crippen molar-refractivity contribution in [3.05, 3.63) is 11.7 Å². The van der Waals surface area contributed by atoms with E-state index in [0.717, 1.165) is 37.5 Å². The van der Waals surface area contributed by atoms with Crippen LogP contribution in [-0.4, -0.2) is 34.9 Å². The second-order valence-electron chi connectivity index (χ2n) is 5.62. The van der Waals surface area contributed by atoms with E-state index in [4.69, 9.17) is 9.26 Å². The number of nitrogens with one attached hydrogen (secondary N) is 1. The molecule has 2 bridgehead atoms. The maximum absolute atomic E-state index is 5.83. The van der Waals surface area contributed by atoms with E-state index in [-0.39, 0.29) is 0 Å². The number of hydrogen-bond acceptors (Lipinski definition) is 5. The molecule has 100 valence electrons. The van der Waals surface area contributed by atoms with Gasteiger partial charge in [-0.05, 0) is 19.3 Å². The zero-order chi connectivity index (χ0) is 12.5. The van der Waals surface area contributed by atoms with Crippen LogP contribution in [0.1, 0.15) is 50.7 Å². The van der Waals surface area contributed by atoms with E-state index in [1.54, 1.807) is 0 Å². The van der Waals surface area contributed by atoms with E-state index in [1.807, 2.05) is 0 Å². The average Bonchev–Trinajstić information content (AvgIpc) is 3.03. The van der Waals surface area contributed by atoms with Gasteiger partial charge in [0.15, 0.2) is 5.82 Å². The number of aromatic nitrogens is 2. The first-order valence-electron chi connectivity index (χ1n) is 6.93. The van der Waals surface area contributed by atoms with Gasteiger partial charge in [0.1, 0.15) is 0 Å². The molecule has 0 amide bonds. The zero-order valence-electron chi connectivity index (χ0n) is 11.1. The minimum Gasteiger partial charge on any atom is -0.374 e. The Bertz CT molecular complexity index is 405. The van der Waals surface area contributed by atoms with Crippen molar-refractivity contribution < 1.29 is 9.26 Å². The van der Waals surface area contributed by atoms with E-state index >= 15 is 0 Å². The largest absolute Gasteiger partial charge is 0.374 e. The highest BCUT2D eigenvalue weighted by Crippen LogP contribution is 2.43. The molecule has 2 saturated heterocycles. The predicted molar refractivity (Wildman–Crippen MR) is 66.4 cm³/mol. The van der Waals surface area contributed by atoms with Gasteiger partial charge in [0.25, 0.3) is 0 Å². The topological polar surface area (TPSA) is 60.2 Å². The standard InChI is InChI=1S/C13H21N3O2/c1-8(2)14-6-5-12-15-13(16-18-12)10-7-9-3-4-11(10)17-9/h8-11,14H,3-7H2,1-2H3. The van der Waals surface area contributed by atoms with Crippen molar-refractivity contribution >= 4 is 0 Å². The molecule has 0 aliphatic carbocycles. The molecule has 0 radical (unpaired) electrons. The third-order valence-corrected chi connectivity index (χ3v) is 3.81. The summed E-state index contributed by atoms with van der Waals surface area (Å²) in [6.45, 7) is 5.14. The lowest BCUT2D eigenvalue weighted by Gasteiger charge is -2.13. The lowest BCUT2D eigenvalue weighted by atomic mass is 9.89. The average molecular weight is 251 g/mol. The highest BCUT2D eigenvalue weighted by atomic mass is 16.5. The lowest BCUT2D eigenvalue weighted by molar-refractivity contribution is 0.0996. The Morgan fingerprint density at radius 2 is 2.28 bits per heavy atom. The second kappa shape index (κ2) is 4.97. The summed E-state index contributed by atoms with van der Waals surface area (Å²) < 4.78 is 11.1. The van der Waals surface area contributed by atoms with E-state index in [2.05, 4.69) is 29.3 Å².